The predicted octanol–water partition coefficient (Wildman–Crippen LogP) is 3.78. The third kappa shape index (κ3) is 4.40. The average Bonchev–Trinajstić information content (AvgIpc) is 3.46. The fourth-order valence-electron chi connectivity index (χ4n) is 2.60. The summed E-state index contributed by atoms with van der Waals surface area (Å²) in [6.45, 7) is 0. The SMILES string of the molecule is CN(C)C(=O)c1ccc(Cl)c(NC(=O)c2ccc(NC3CC3)c([N+](=O)[O-])c2)c1. The Morgan fingerprint density at radius 3 is 2.39 bits per heavy atom. The Balaban J connectivity index is 1.84. The molecule has 9 heteroatoms. The molecule has 1 fully saturated rings. The Morgan fingerprint density at radius 1 is 1.11 bits per heavy atom. The summed E-state index contributed by atoms with van der Waals surface area (Å²) in [6.07, 6.45) is 1.94. The van der Waals surface area contributed by atoms with Gasteiger partial charge in [-0.05, 0) is 43.2 Å². The van der Waals surface area contributed by atoms with Crippen molar-refractivity contribution in [3.05, 3.63) is 62.7 Å². The number of benzene rings is 2. The molecule has 0 aliphatic heterocycles. The van der Waals surface area contributed by atoms with Crippen molar-refractivity contribution in [2.24, 2.45) is 0 Å². The fourth-order valence-corrected chi connectivity index (χ4v) is 2.77. The van der Waals surface area contributed by atoms with Gasteiger partial charge in [-0.2, -0.15) is 0 Å². The fraction of sp³-hybridized carbons (Fsp3) is 0.263. The summed E-state index contributed by atoms with van der Waals surface area (Å²) in [5.41, 5.74) is 0.957. The van der Waals surface area contributed by atoms with Crippen molar-refractivity contribution in [3.63, 3.8) is 0 Å². The van der Waals surface area contributed by atoms with Crippen LogP contribution in [-0.2, 0) is 0 Å². The first-order valence-electron chi connectivity index (χ1n) is 8.64. The van der Waals surface area contributed by atoms with Crippen molar-refractivity contribution in [1.82, 2.24) is 4.90 Å². The molecule has 0 bridgehead atoms. The highest BCUT2D eigenvalue weighted by atomic mass is 35.5. The van der Waals surface area contributed by atoms with E-state index < -0.39 is 10.8 Å². The third-order valence-electron chi connectivity index (χ3n) is 4.26. The van der Waals surface area contributed by atoms with Gasteiger partial charge in [0.1, 0.15) is 5.69 Å². The number of hydrogen-bond donors (Lipinski definition) is 2. The number of carbonyl (C=O) groups is 2. The maximum atomic E-state index is 12.6. The molecule has 0 aromatic heterocycles. The molecule has 0 heterocycles. The summed E-state index contributed by atoms with van der Waals surface area (Å²) < 4.78 is 0. The minimum atomic E-state index is -0.558. The topological polar surface area (TPSA) is 105 Å². The number of nitrogens with zero attached hydrogens (tertiary/aromatic N) is 2. The summed E-state index contributed by atoms with van der Waals surface area (Å²) in [5, 5.41) is 17.3. The van der Waals surface area contributed by atoms with Crippen LogP contribution in [0.25, 0.3) is 0 Å². The summed E-state index contributed by atoms with van der Waals surface area (Å²) in [7, 11) is 3.23. The summed E-state index contributed by atoms with van der Waals surface area (Å²) in [4.78, 5) is 36.9. The molecule has 1 saturated carbocycles. The van der Waals surface area contributed by atoms with Crippen molar-refractivity contribution >= 4 is 40.5 Å². The van der Waals surface area contributed by atoms with E-state index in [-0.39, 0.29) is 33.9 Å². The van der Waals surface area contributed by atoms with E-state index in [4.69, 9.17) is 11.6 Å². The lowest BCUT2D eigenvalue weighted by Gasteiger charge is -2.13. The summed E-state index contributed by atoms with van der Waals surface area (Å²) >= 11 is 6.13. The number of amides is 2. The molecule has 1 aliphatic rings. The maximum Gasteiger partial charge on any atom is 0.293 e. The Morgan fingerprint density at radius 2 is 1.79 bits per heavy atom. The van der Waals surface area contributed by atoms with E-state index in [0.29, 0.717) is 11.3 Å². The Bertz CT molecular complexity index is 957. The van der Waals surface area contributed by atoms with Gasteiger partial charge in [-0.1, -0.05) is 11.6 Å². The van der Waals surface area contributed by atoms with Gasteiger partial charge in [0.25, 0.3) is 17.5 Å². The second-order valence-electron chi connectivity index (χ2n) is 6.76. The lowest BCUT2D eigenvalue weighted by atomic mass is 10.1. The molecular formula is C19H19ClN4O4. The average molecular weight is 403 g/mol. The second kappa shape index (κ2) is 7.85. The number of carbonyl (C=O) groups excluding carboxylic acids is 2. The molecule has 2 amide bonds. The molecule has 2 N–H and O–H groups in total. The van der Waals surface area contributed by atoms with Gasteiger partial charge in [-0.3, -0.25) is 19.7 Å². The second-order valence-corrected chi connectivity index (χ2v) is 7.16. The van der Waals surface area contributed by atoms with Crippen LogP contribution in [0.5, 0.6) is 0 Å². The zero-order valence-electron chi connectivity index (χ0n) is 15.4. The first-order chi connectivity index (χ1) is 13.3. The number of anilines is 2. The number of nitrogens with one attached hydrogen (secondary N) is 2. The molecular weight excluding hydrogens is 384 g/mol. The number of nitro groups is 1. The smallest absolute Gasteiger partial charge is 0.293 e. The molecule has 2 aromatic carbocycles. The van der Waals surface area contributed by atoms with E-state index >= 15 is 0 Å². The standard InChI is InChI=1S/C19H19ClN4O4/c1-23(2)19(26)12-3-7-14(20)16(9-12)22-18(25)11-4-8-15(21-13-5-6-13)17(10-11)24(27)28/h3-4,7-10,13,21H,5-6H2,1-2H3,(H,22,25). The van der Waals surface area contributed by atoms with Crippen LogP contribution in [0.15, 0.2) is 36.4 Å². The molecule has 0 unspecified atom stereocenters. The lowest BCUT2D eigenvalue weighted by molar-refractivity contribution is -0.384. The van der Waals surface area contributed by atoms with Crippen molar-refractivity contribution < 1.29 is 14.5 Å². The molecule has 8 nitrogen and oxygen atoms in total. The largest absolute Gasteiger partial charge is 0.377 e. The van der Waals surface area contributed by atoms with E-state index in [0.717, 1.165) is 12.8 Å². The van der Waals surface area contributed by atoms with Crippen LogP contribution in [0.4, 0.5) is 17.1 Å². The van der Waals surface area contributed by atoms with Crippen LogP contribution in [0, 0.1) is 10.1 Å². The molecule has 2 aromatic rings. The van der Waals surface area contributed by atoms with E-state index in [1.165, 1.54) is 35.2 Å². The number of rotatable bonds is 6. The van der Waals surface area contributed by atoms with Crippen molar-refractivity contribution in [2.45, 2.75) is 18.9 Å². The van der Waals surface area contributed by atoms with Gasteiger partial charge in [-0.15, -0.1) is 0 Å². The quantitative estimate of drug-likeness (QED) is 0.565. The van der Waals surface area contributed by atoms with Crippen LogP contribution in [0.2, 0.25) is 5.02 Å². The van der Waals surface area contributed by atoms with E-state index in [1.54, 1.807) is 20.2 Å². The van der Waals surface area contributed by atoms with Crippen LogP contribution in [-0.4, -0.2) is 41.8 Å². The van der Waals surface area contributed by atoms with Gasteiger partial charge >= 0.3 is 0 Å². The molecule has 0 radical (unpaired) electrons. The highest BCUT2D eigenvalue weighted by molar-refractivity contribution is 6.34. The van der Waals surface area contributed by atoms with Gasteiger partial charge in [-0.25, -0.2) is 0 Å². The molecule has 0 atom stereocenters. The van der Waals surface area contributed by atoms with Gasteiger partial charge in [0, 0.05) is 37.3 Å². The first kappa shape index (κ1) is 19.6. The van der Waals surface area contributed by atoms with E-state index in [9.17, 15) is 19.7 Å². The molecule has 0 saturated heterocycles. The number of halogens is 1. The zero-order chi connectivity index (χ0) is 20.4. The predicted molar refractivity (Wildman–Crippen MR) is 107 cm³/mol. The summed E-state index contributed by atoms with van der Waals surface area (Å²) in [5.74, 6) is -0.796. The zero-order valence-corrected chi connectivity index (χ0v) is 16.1. The molecule has 1 aliphatic carbocycles. The van der Waals surface area contributed by atoms with Crippen LogP contribution in [0.3, 0.4) is 0 Å². The maximum absolute atomic E-state index is 12.6. The first-order valence-corrected chi connectivity index (χ1v) is 9.01. The van der Waals surface area contributed by atoms with E-state index in [1.807, 2.05) is 0 Å². The van der Waals surface area contributed by atoms with E-state index in [2.05, 4.69) is 10.6 Å². The minimum Gasteiger partial charge on any atom is -0.377 e. The van der Waals surface area contributed by atoms with Gasteiger partial charge < -0.3 is 15.5 Å². The van der Waals surface area contributed by atoms with Crippen LogP contribution in [0.1, 0.15) is 33.6 Å². The molecule has 3 rings (SSSR count). The normalized spacial score (nSPS) is 13.0. The van der Waals surface area contributed by atoms with Gasteiger partial charge in [0.15, 0.2) is 0 Å². The monoisotopic (exact) mass is 402 g/mol. The highest BCUT2D eigenvalue weighted by Crippen LogP contribution is 2.32. The Kier molecular flexibility index (Phi) is 5.51. The highest BCUT2D eigenvalue weighted by Gasteiger charge is 2.25. The minimum absolute atomic E-state index is 0.119. The number of hydrogen-bond acceptors (Lipinski definition) is 5. The van der Waals surface area contributed by atoms with Gasteiger partial charge in [0.05, 0.1) is 15.6 Å². The summed E-state index contributed by atoms with van der Waals surface area (Å²) in [6, 6.07) is 9.05. The third-order valence-corrected chi connectivity index (χ3v) is 4.59. The number of nitro benzene ring substituents is 1. The van der Waals surface area contributed by atoms with Crippen molar-refractivity contribution in [3.8, 4) is 0 Å². The van der Waals surface area contributed by atoms with Crippen molar-refractivity contribution in [2.75, 3.05) is 24.7 Å². The Labute approximate surface area is 166 Å². The van der Waals surface area contributed by atoms with Gasteiger partial charge in [0.2, 0.25) is 0 Å². The van der Waals surface area contributed by atoms with Crippen LogP contribution < -0.4 is 10.6 Å². The molecule has 28 heavy (non-hydrogen) atoms. The molecule has 146 valence electrons. The molecule has 0 spiro atoms. The van der Waals surface area contributed by atoms with Crippen LogP contribution >= 0.6 is 11.6 Å². The lowest BCUT2D eigenvalue weighted by Crippen LogP contribution is -2.22. The van der Waals surface area contributed by atoms with Crippen molar-refractivity contribution in [1.29, 1.82) is 0 Å². The Hall–Kier alpha value is -3.13.